The predicted molar refractivity (Wildman–Crippen MR) is 83.0 cm³/mol. The first-order valence-electron chi connectivity index (χ1n) is 7.39. The van der Waals surface area contributed by atoms with Crippen molar-refractivity contribution in [1.82, 2.24) is 4.98 Å². The predicted octanol–water partition coefficient (Wildman–Crippen LogP) is 3.26. The van der Waals surface area contributed by atoms with Crippen LogP contribution in [0.25, 0.3) is 0 Å². The van der Waals surface area contributed by atoms with E-state index in [4.69, 9.17) is 10.5 Å². The summed E-state index contributed by atoms with van der Waals surface area (Å²) in [6.45, 7) is 13.3. The van der Waals surface area contributed by atoms with Gasteiger partial charge in [-0.05, 0) is 30.6 Å². The average Bonchev–Trinajstić information content (AvgIpc) is 2.74. The van der Waals surface area contributed by atoms with E-state index in [0.717, 1.165) is 29.0 Å². The number of methoxy groups -OCH3 is 1. The van der Waals surface area contributed by atoms with Crippen molar-refractivity contribution in [3.8, 4) is 5.75 Å². The highest BCUT2D eigenvalue weighted by atomic mass is 16.5. The lowest BCUT2D eigenvalue weighted by Crippen LogP contribution is -2.29. The summed E-state index contributed by atoms with van der Waals surface area (Å²) in [4.78, 5) is 4.57. The molecular formula is C17H28N2O. The molecule has 1 unspecified atom stereocenters. The van der Waals surface area contributed by atoms with Gasteiger partial charge >= 0.3 is 0 Å². The van der Waals surface area contributed by atoms with Crippen LogP contribution in [0.3, 0.4) is 0 Å². The molecule has 1 atom stereocenters. The van der Waals surface area contributed by atoms with Gasteiger partial charge in [0.05, 0.1) is 7.11 Å². The Kier molecular flexibility index (Phi) is 3.62. The highest BCUT2D eigenvalue weighted by molar-refractivity contribution is 5.41. The lowest BCUT2D eigenvalue weighted by molar-refractivity contribution is 0.405. The molecule has 1 fully saturated rings. The largest absolute Gasteiger partial charge is 0.496 e. The summed E-state index contributed by atoms with van der Waals surface area (Å²) in [5, 5.41) is 0. The number of aryl methyl sites for hydroxylation is 1. The molecule has 0 spiro atoms. The van der Waals surface area contributed by atoms with Gasteiger partial charge in [0.2, 0.25) is 0 Å². The molecule has 0 saturated heterocycles. The minimum Gasteiger partial charge on any atom is -0.496 e. The van der Waals surface area contributed by atoms with Crippen LogP contribution < -0.4 is 10.5 Å². The molecule has 112 valence electrons. The fourth-order valence-electron chi connectivity index (χ4n) is 3.94. The summed E-state index contributed by atoms with van der Waals surface area (Å²) in [6.07, 6.45) is 2.71. The summed E-state index contributed by atoms with van der Waals surface area (Å²) >= 11 is 0. The molecule has 1 heterocycles. The minimum atomic E-state index is 0.151. The Labute approximate surface area is 122 Å². The van der Waals surface area contributed by atoms with Crippen LogP contribution in [-0.2, 0) is 6.42 Å². The van der Waals surface area contributed by atoms with E-state index in [9.17, 15) is 0 Å². The molecule has 1 aliphatic carbocycles. The standard InChI is InChI=1S/C17H28N2O/c1-10-9-19-13(11(2)14(10)20-7)8-12(18)15-16(3,4)17(15,5)6/h9,12,15H,8,18H2,1-7H3. The van der Waals surface area contributed by atoms with Gasteiger partial charge in [0.1, 0.15) is 5.75 Å². The average molecular weight is 276 g/mol. The summed E-state index contributed by atoms with van der Waals surface area (Å²) in [7, 11) is 1.71. The minimum absolute atomic E-state index is 0.151. The van der Waals surface area contributed by atoms with E-state index in [1.54, 1.807) is 7.11 Å². The highest BCUT2D eigenvalue weighted by Crippen LogP contribution is 2.69. The van der Waals surface area contributed by atoms with Crippen molar-refractivity contribution in [2.75, 3.05) is 7.11 Å². The Bertz CT molecular complexity index is 506. The summed E-state index contributed by atoms with van der Waals surface area (Å²) < 4.78 is 5.48. The van der Waals surface area contributed by atoms with E-state index >= 15 is 0 Å². The van der Waals surface area contributed by atoms with E-state index < -0.39 is 0 Å². The van der Waals surface area contributed by atoms with Crippen molar-refractivity contribution in [3.63, 3.8) is 0 Å². The van der Waals surface area contributed by atoms with Crippen LogP contribution in [0.5, 0.6) is 5.75 Å². The maximum Gasteiger partial charge on any atom is 0.128 e. The summed E-state index contributed by atoms with van der Waals surface area (Å²) in [6, 6.07) is 0.151. The van der Waals surface area contributed by atoms with Crippen LogP contribution in [0.15, 0.2) is 6.20 Å². The molecule has 2 N–H and O–H groups in total. The molecule has 3 heteroatoms. The first-order valence-corrected chi connectivity index (χ1v) is 7.39. The van der Waals surface area contributed by atoms with Gasteiger partial charge in [0, 0.05) is 35.5 Å². The van der Waals surface area contributed by atoms with E-state index in [2.05, 4.69) is 39.6 Å². The third-order valence-corrected chi connectivity index (χ3v) is 5.74. The van der Waals surface area contributed by atoms with Gasteiger partial charge in [-0.3, -0.25) is 4.98 Å². The van der Waals surface area contributed by atoms with Gasteiger partial charge in [0.15, 0.2) is 0 Å². The van der Waals surface area contributed by atoms with Gasteiger partial charge in [-0.2, -0.15) is 0 Å². The topological polar surface area (TPSA) is 48.1 Å². The Morgan fingerprint density at radius 2 is 1.80 bits per heavy atom. The van der Waals surface area contributed by atoms with Crippen LogP contribution in [0, 0.1) is 30.6 Å². The second kappa shape index (κ2) is 4.73. The normalized spacial score (nSPS) is 21.6. The molecule has 0 radical (unpaired) electrons. The highest BCUT2D eigenvalue weighted by Gasteiger charge is 2.66. The molecule has 1 aliphatic rings. The van der Waals surface area contributed by atoms with Crippen molar-refractivity contribution in [3.05, 3.63) is 23.0 Å². The third kappa shape index (κ3) is 2.12. The van der Waals surface area contributed by atoms with E-state index in [-0.39, 0.29) is 6.04 Å². The number of nitrogens with two attached hydrogens (primary N) is 1. The number of pyridine rings is 1. The summed E-state index contributed by atoms with van der Waals surface area (Å²) in [5.74, 6) is 1.49. The fraction of sp³-hybridized carbons (Fsp3) is 0.706. The second-order valence-electron chi connectivity index (χ2n) is 7.34. The van der Waals surface area contributed by atoms with Crippen molar-refractivity contribution in [2.24, 2.45) is 22.5 Å². The SMILES string of the molecule is COc1c(C)cnc(CC(N)C2C(C)(C)C2(C)C)c1C. The van der Waals surface area contributed by atoms with Crippen LogP contribution in [0.2, 0.25) is 0 Å². The lowest BCUT2D eigenvalue weighted by atomic mass is 9.97. The molecule has 3 nitrogen and oxygen atoms in total. The molecule has 0 amide bonds. The quantitative estimate of drug-likeness (QED) is 0.918. The van der Waals surface area contributed by atoms with Gasteiger partial charge in [-0.1, -0.05) is 27.7 Å². The number of nitrogens with zero attached hydrogens (tertiary/aromatic N) is 1. The third-order valence-electron chi connectivity index (χ3n) is 5.74. The van der Waals surface area contributed by atoms with E-state index in [0.29, 0.717) is 16.7 Å². The van der Waals surface area contributed by atoms with Crippen LogP contribution in [-0.4, -0.2) is 18.1 Å². The Balaban J connectivity index is 2.20. The molecular weight excluding hydrogens is 248 g/mol. The molecule has 1 saturated carbocycles. The number of rotatable bonds is 4. The van der Waals surface area contributed by atoms with E-state index in [1.165, 1.54) is 0 Å². The maximum absolute atomic E-state index is 6.48. The number of ether oxygens (including phenoxy) is 1. The molecule has 0 bridgehead atoms. The lowest BCUT2D eigenvalue weighted by Gasteiger charge is -2.17. The van der Waals surface area contributed by atoms with Crippen molar-refractivity contribution in [2.45, 2.75) is 54.0 Å². The monoisotopic (exact) mass is 276 g/mol. The zero-order chi connectivity index (χ0) is 15.3. The first-order chi connectivity index (χ1) is 9.14. The van der Waals surface area contributed by atoms with Gasteiger partial charge < -0.3 is 10.5 Å². The molecule has 20 heavy (non-hydrogen) atoms. The van der Waals surface area contributed by atoms with Crippen molar-refractivity contribution in [1.29, 1.82) is 0 Å². The molecule has 0 aliphatic heterocycles. The van der Waals surface area contributed by atoms with Crippen LogP contribution >= 0.6 is 0 Å². The maximum atomic E-state index is 6.48. The summed E-state index contributed by atoms with van der Waals surface area (Å²) in [5.41, 5.74) is 10.4. The van der Waals surface area contributed by atoms with Gasteiger partial charge in [-0.15, -0.1) is 0 Å². The number of aromatic nitrogens is 1. The fourth-order valence-corrected chi connectivity index (χ4v) is 3.94. The first kappa shape index (κ1) is 15.3. The number of hydrogen-bond acceptors (Lipinski definition) is 3. The Morgan fingerprint density at radius 3 is 2.25 bits per heavy atom. The molecule has 1 aromatic heterocycles. The van der Waals surface area contributed by atoms with Crippen molar-refractivity contribution >= 4 is 0 Å². The zero-order valence-corrected chi connectivity index (χ0v) is 13.9. The Hall–Kier alpha value is -1.09. The van der Waals surface area contributed by atoms with Gasteiger partial charge in [-0.25, -0.2) is 0 Å². The van der Waals surface area contributed by atoms with Crippen LogP contribution in [0.4, 0.5) is 0 Å². The van der Waals surface area contributed by atoms with Crippen molar-refractivity contribution < 1.29 is 4.74 Å². The van der Waals surface area contributed by atoms with Gasteiger partial charge in [0.25, 0.3) is 0 Å². The smallest absolute Gasteiger partial charge is 0.128 e. The zero-order valence-electron chi connectivity index (χ0n) is 13.9. The van der Waals surface area contributed by atoms with Crippen LogP contribution in [0.1, 0.15) is 44.5 Å². The molecule has 2 rings (SSSR count). The Morgan fingerprint density at radius 1 is 1.25 bits per heavy atom. The molecule has 1 aromatic rings. The number of hydrogen-bond donors (Lipinski definition) is 1. The second-order valence-corrected chi connectivity index (χ2v) is 7.34. The molecule has 0 aromatic carbocycles. The van der Waals surface area contributed by atoms with E-state index in [1.807, 2.05) is 13.1 Å².